The van der Waals surface area contributed by atoms with Crippen LogP contribution in [0.4, 0.5) is 0 Å². The molecule has 0 spiro atoms. The van der Waals surface area contributed by atoms with Crippen molar-refractivity contribution in [3.63, 3.8) is 0 Å². The van der Waals surface area contributed by atoms with Crippen LogP contribution in [0.2, 0.25) is 0 Å². The largest absolute Gasteiger partial charge is 0.306 e. The second-order valence-electron chi connectivity index (χ2n) is 4.74. The van der Waals surface area contributed by atoms with Gasteiger partial charge < -0.3 is 5.32 Å². The van der Waals surface area contributed by atoms with Crippen molar-refractivity contribution >= 4 is 5.78 Å². The van der Waals surface area contributed by atoms with E-state index in [0.717, 1.165) is 24.9 Å². The number of benzene rings is 1. The Balaban J connectivity index is 1.65. The van der Waals surface area contributed by atoms with E-state index in [-0.39, 0.29) is 17.9 Å². The maximum absolute atomic E-state index is 11.2. The van der Waals surface area contributed by atoms with E-state index >= 15 is 0 Å². The number of Topliss-reactive ketones (excluding diaryl/α,β-unsaturated/α-hetero) is 1. The van der Waals surface area contributed by atoms with E-state index in [1.807, 2.05) is 30.3 Å². The zero-order chi connectivity index (χ0) is 12.8. The second kappa shape index (κ2) is 6.64. The van der Waals surface area contributed by atoms with Crippen molar-refractivity contribution in [3.8, 4) is 0 Å². The van der Waals surface area contributed by atoms with Crippen LogP contribution in [0.25, 0.3) is 0 Å². The number of carbonyl (C=O) groups is 1. The molecule has 1 heterocycles. The number of rotatable bonds is 5. The predicted octanol–water partition coefficient (Wildman–Crippen LogP) is 1.42. The standard InChI is InChI=1S/C14H20N2O2/c1-11(17)14-8-7-13(9-15-14)16-18-10-12-5-3-2-4-6-12/h2-6,13-16H,7-10H2,1H3/t13-,14+/m1/s1. The minimum absolute atomic E-state index is 0.0252. The molecule has 1 aromatic rings. The molecule has 2 atom stereocenters. The number of ketones is 1. The van der Waals surface area contributed by atoms with E-state index in [1.54, 1.807) is 6.92 Å². The molecule has 0 amide bonds. The summed E-state index contributed by atoms with van der Waals surface area (Å²) >= 11 is 0. The van der Waals surface area contributed by atoms with Crippen molar-refractivity contribution in [1.82, 2.24) is 10.8 Å². The molecule has 4 heteroatoms. The fourth-order valence-electron chi connectivity index (χ4n) is 2.12. The van der Waals surface area contributed by atoms with Crippen molar-refractivity contribution in [1.29, 1.82) is 0 Å². The molecule has 2 rings (SSSR count). The van der Waals surface area contributed by atoms with Crippen LogP contribution in [-0.4, -0.2) is 24.4 Å². The lowest BCUT2D eigenvalue weighted by atomic mass is 9.99. The topological polar surface area (TPSA) is 50.4 Å². The first-order valence-electron chi connectivity index (χ1n) is 6.41. The molecule has 0 aromatic heterocycles. The van der Waals surface area contributed by atoms with Crippen molar-refractivity contribution < 1.29 is 9.63 Å². The van der Waals surface area contributed by atoms with Crippen LogP contribution < -0.4 is 10.8 Å². The molecule has 1 fully saturated rings. The maximum Gasteiger partial charge on any atom is 0.146 e. The summed E-state index contributed by atoms with van der Waals surface area (Å²) in [5, 5.41) is 3.23. The molecule has 1 aliphatic heterocycles. The summed E-state index contributed by atoms with van der Waals surface area (Å²) in [5.74, 6) is 0.221. The third-order valence-electron chi connectivity index (χ3n) is 3.24. The summed E-state index contributed by atoms with van der Waals surface area (Å²) in [6.07, 6.45) is 1.84. The Morgan fingerprint density at radius 2 is 2.17 bits per heavy atom. The van der Waals surface area contributed by atoms with Gasteiger partial charge in [-0.05, 0) is 25.3 Å². The molecule has 0 unspecified atom stereocenters. The lowest BCUT2D eigenvalue weighted by Gasteiger charge is -2.28. The summed E-state index contributed by atoms with van der Waals surface area (Å²) in [4.78, 5) is 16.7. The Kier molecular flexibility index (Phi) is 4.87. The van der Waals surface area contributed by atoms with Crippen LogP contribution in [-0.2, 0) is 16.2 Å². The molecule has 4 nitrogen and oxygen atoms in total. The maximum atomic E-state index is 11.2. The minimum Gasteiger partial charge on any atom is -0.306 e. The monoisotopic (exact) mass is 248 g/mol. The van der Waals surface area contributed by atoms with Crippen LogP contribution in [0.15, 0.2) is 30.3 Å². The molecule has 1 saturated heterocycles. The van der Waals surface area contributed by atoms with E-state index in [9.17, 15) is 4.79 Å². The zero-order valence-electron chi connectivity index (χ0n) is 10.7. The number of carbonyl (C=O) groups excluding carboxylic acids is 1. The van der Waals surface area contributed by atoms with Crippen LogP contribution in [0, 0.1) is 0 Å². The minimum atomic E-state index is 0.0252. The Bertz CT molecular complexity index is 373. The van der Waals surface area contributed by atoms with Gasteiger partial charge in [-0.3, -0.25) is 9.63 Å². The van der Waals surface area contributed by atoms with Gasteiger partial charge in [-0.2, -0.15) is 5.48 Å². The molecule has 18 heavy (non-hydrogen) atoms. The van der Waals surface area contributed by atoms with E-state index in [2.05, 4.69) is 10.8 Å². The normalized spacial score (nSPS) is 23.8. The number of hydroxylamine groups is 1. The van der Waals surface area contributed by atoms with Crippen LogP contribution in [0.1, 0.15) is 25.3 Å². The van der Waals surface area contributed by atoms with E-state index in [0.29, 0.717) is 6.61 Å². The molecule has 98 valence electrons. The van der Waals surface area contributed by atoms with Gasteiger partial charge in [-0.15, -0.1) is 0 Å². The lowest BCUT2D eigenvalue weighted by molar-refractivity contribution is -0.119. The van der Waals surface area contributed by atoms with Gasteiger partial charge in [-0.1, -0.05) is 30.3 Å². The highest BCUT2D eigenvalue weighted by Crippen LogP contribution is 2.09. The summed E-state index contributed by atoms with van der Waals surface area (Å²) in [7, 11) is 0. The van der Waals surface area contributed by atoms with E-state index in [4.69, 9.17) is 4.84 Å². The fourth-order valence-corrected chi connectivity index (χ4v) is 2.12. The number of nitrogens with one attached hydrogen (secondary N) is 2. The average molecular weight is 248 g/mol. The molecular weight excluding hydrogens is 228 g/mol. The Morgan fingerprint density at radius 1 is 1.39 bits per heavy atom. The SMILES string of the molecule is CC(=O)[C@@H]1CC[C@@H](NOCc2ccccc2)CN1. The highest BCUT2D eigenvalue weighted by atomic mass is 16.6. The van der Waals surface area contributed by atoms with E-state index in [1.165, 1.54) is 0 Å². The summed E-state index contributed by atoms with van der Waals surface area (Å²) in [5.41, 5.74) is 4.20. The van der Waals surface area contributed by atoms with Crippen LogP contribution >= 0.6 is 0 Å². The molecule has 2 N–H and O–H groups in total. The molecule has 1 aliphatic rings. The summed E-state index contributed by atoms with van der Waals surface area (Å²) in [6.45, 7) is 2.98. The first-order chi connectivity index (χ1) is 8.75. The smallest absolute Gasteiger partial charge is 0.146 e. The van der Waals surface area contributed by atoms with Crippen molar-refractivity contribution in [2.24, 2.45) is 0 Å². The molecule has 1 aromatic carbocycles. The average Bonchev–Trinajstić information content (AvgIpc) is 2.40. The third-order valence-corrected chi connectivity index (χ3v) is 3.24. The first-order valence-corrected chi connectivity index (χ1v) is 6.41. The Morgan fingerprint density at radius 3 is 2.78 bits per heavy atom. The summed E-state index contributed by atoms with van der Waals surface area (Å²) in [6, 6.07) is 10.4. The number of hydrogen-bond donors (Lipinski definition) is 2. The highest BCUT2D eigenvalue weighted by Gasteiger charge is 2.22. The predicted molar refractivity (Wildman–Crippen MR) is 69.9 cm³/mol. The fraction of sp³-hybridized carbons (Fsp3) is 0.500. The van der Waals surface area contributed by atoms with Gasteiger partial charge in [0.15, 0.2) is 0 Å². The zero-order valence-corrected chi connectivity index (χ0v) is 10.7. The van der Waals surface area contributed by atoms with Crippen LogP contribution in [0.3, 0.4) is 0 Å². The van der Waals surface area contributed by atoms with Gasteiger partial charge in [0.05, 0.1) is 12.6 Å². The quantitative estimate of drug-likeness (QED) is 0.774. The van der Waals surface area contributed by atoms with Gasteiger partial charge in [0.2, 0.25) is 0 Å². The molecule has 0 saturated carbocycles. The number of piperidine rings is 1. The Hall–Kier alpha value is -1.23. The third kappa shape index (κ3) is 3.91. The Labute approximate surface area is 108 Å². The second-order valence-corrected chi connectivity index (χ2v) is 4.74. The molecular formula is C14H20N2O2. The summed E-state index contributed by atoms with van der Waals surface area (Å²) < 4.78 is 0. The molecule has 0 bridgehead atoms. The van der Waals surface area contributed by atoms with Crippen molar-refractivity contribution in [3.05, 3.63) is 35.9 Å². The van der Waals surface area contributed by atoms with Gasteiger partial charge in [0.1, 0.15) is 5.78 Å². The van der Waals surface area contributed by atoms with Gasteiger partial charge in [-0.25, -0.2) is 0 Å². The number of hydrogen-bond acceptors (Lipinski definition) is 4. The van der Waals surface area contributed by atoms with E-state index < -0.39 is 0 Å². The highest BCUT2D eigenvalue weighted by molar-refractivity contribution is 5.81. The van der Waals surface area contributed by atoms with Crippen LogP contribution in [0.5, 0.6) is 0 Å². The molecule has 0 aliphatic carbocycles. The lowest BCUT2D eigenvalue weighted by Crippen LogP contribution is -2.50. The van der Waals surface area contributed by atoms with Gasteiger partial charge >= 0.3 is 0 Å². The first kappa shape index (κ1) is 13.2. The van der Waals surface area contributed by atoms with Gasteiger partial charge in [0.25, 0.3) is 0 Å². The van der Waals surface area contributed by atoms with Crippen molar-refractivity contribution in [2.45, 2.75) is 38.5 Å². The van der Waals surface area contributed by atoms with Crippen molar-refractivity contribution in [2.75, 3.05) is 6.54 Å². The molecule has 0 radical (unpaired) electrons. The van der Waals surface area contributed by atoms with Gasteiger partial charge in [0, 0.05) is 12.6 Å².